The second-order valence-electron chi connectivity index (χ2n) is 3.80. The third kappa shape index (κ3) is 3.14. The fraction of sp³-hybridized carbons (Fsp3) is 0.214. The van der Waals surface area contributed by atoms with Gasteiger partial charge in [-0.2, -0.15) is 5.10 Å². The van der Waals surface area contributed by atoms with E-state index < -0.39 is 5.97 Å². The molecule has 0 spiro atoms. The Hall–Kier alpha value is -2.83. The van der Waals surface area contributed by atoms with Crippen molar-refractivity contribution >= 4 is 11.6 Å². The highest BCUT2D eigenvalue weighted by Gasteiger charge is 2.09. The third-order valence-corrected chi connectivity index (χ3v) is 2.42. The molecule has 0 amide bonds. The first kappa shape index (κ1) is 13.6. The Morgan fingerprint density at radius 2 is 2.30 bits per heavy atom. The molecule has 0 bridgehead atoms. The van der Waals surface area contributed by atoms with Gasteiger partial charge in [0.25, 0.3) is 0 Å². The number of rotatable bonds is 4. The molecule has 0 saturated carbocycles. The minimum Gasteiger partial charge on any atom is -0.481 e. The van der Waals surface area contributed by atoms with Crippen LogP contribution in [0.3, 0.4) is 0 Å². The van der Waals surface area contributed by atoms with E-state index in [-0.39, 0.29) is 19.6 Å². The molecule has 1 N–H and O–H groups in total. The molecule has 0 aliphatic heterocycles. The molecular formula is C14H11N3O3. The lowest BCUT2D eigenvalue weighted by Gasteiger charge is -2.02. The van der Waals surface area contributed by atoms with Crippen LogP contribution in [-0.4, -0.2) is 38.9 Å². The first-order valence-electron chi connectivity index (χ1n) is 5.76. The average Bonchev–Trinajstić information content (AvgIpc) is 2.90. The number of carbonyl (C=O) groups is 1. The van der Waals surface area contributed by atoms with Crippen molar-refractivity contribution in [1.82, 2.24) is 14.6 Å². The third-order valence-electron chi connectivity index (χ3n) is 2.42. The molecule has 2 rings (SSSR count). The smallest absolute Gasteiger partial charge is 0.309 e. The highest BCUT2D eigenvalue weighted by Crippen LogP contribution is 2.10. The predicted molar refractivity (Wildman–Crippen MR) is 70.9 cm³/mol. The molecule has 6 nitrogen and oxygen atoms in total. The molecule has 2 aromatic heterocycles. The van der Waals surface area contributed by atoms with Crippen LogP contribution in [0.15, 0.2) is 18.5 Å². The maximum atomic E-state index is 10.8. The van der Waals surface area contributed by atoms with Crippen molar-refractivity contribution in [1.29, 1.82) is 0 Å². The second-order valence-corrected chi connectivity index (χ2v) is 3.80. The molecule has 20 heavy (non-hydrogen) atoms. The standard InChI is InChI=1S/C14H11N3O3/c1-2-7-20-8-3-4-11-5-6-12(9-13(18)19)17-14(11)15-10-16-17/h1,5-6,10H,7-9H2,(H,18,19). The average molecular weight is 269 g/mol. The molecule has 0 unspecified atom stereocenters. The first-order valence-corrected chi connectivity index (χ1v) is 5.76. The van der Waals surface area contributed by atoms with Gasteiger partial charge in [-0.15, -0.1) is 6.42 Å². The van der Waals surface area contributed by atoms with Gasteiger partial charge in [-0.25, -0.2) is 9.50 Å². The predicted octanol–water partition coefficient (Wildman–Crippen LogP) is 0.358. The van der Waals surface area contributed by atoms with Crippen molar-refractivity contribution in [3.63, 3.8) is 0 Å². The lowest BCUT2D eigenvalue weighted by Crippen LogP contribution is -2.07. The van der Waals surface area contributed by atoms with Crippen LogP contribution in [0.2, 0.25) is 0 Å². The summed E-state index contributed by atoms with van der Waals surface area (Å²) in [7, 11) is 0. The maximum Gasteiger partial charge on any atom is 0.309 e. The minimum absolute atomic E-state index is 0.126. The van der Waals surface area contributed by atoms with Gasteiger partial charge in [-0.1, -0.05) is 17.8 Å². The number of pyridine rings is 1. The molecule has 0 saturated heterocycles. The van der Waals surface area contributed by atoms with E-state index in [1.807, 2.05) is 0 Å². The molecule has 100 valence electrons. The zero-order chi connectivity index (χ0) is 14.4. The van der Waals surface area contributed by atoms with Crippen LogP contribution in [0.1, 0.15) is 11.3 Å². The molecule has 2 aromatic rings. The lowest BCUT2D eigenvalue weighted by molar-refractivity contribution is -0.136. The number of ether oxygens (including phenoxy) is 1. The van der Waals surface area contributed by atoms with E-state index >= 15 is 0 Å². The molecular weight excluding hydrogens is 258 g/mol. The fourth-order valence-electron chi connectivity index (χ4n) is 1.64. The minimum atomic E-state index is -0.927. The van der Waals surface area contributed by atoms with E-state index in [2.05, 4.69) is 27.8 Å². The number of aromatic nitrogens is 3. The summed E-state index contributed by atoms with van der Waals surface area (Å²) in [5, 5.41) is 12.8. The fourth-order valence-corrected chi connectivity index (χ4v) is 1.64. The maximum absolute atomic E-state index is 10.8. The lowest BCUT2D eigenvalue weighted by atomic mass is 10.2. The molecule has 0 fully saturated rings. The number of aliphatic carboxylic acids is 1. The Morgan fingerprint density at radius 1 is 1.45 bits per heavy atom. The van der Waals surface area contributed by atoms with E-state index in [4.69, 9.17) is 16.3 Å². The summed E-state index contributed by atoms with van der Waals surface area (Å²) in [5.74, 6) is 7.13. The molecule has 0 aliphatic carbocycles. The van der Waals surface area contributed by atoms with Crippen LogP contribution in [0, 0.1) is 24.2 Å². The van der Waals surface area contributed by atoms with E-state index in [0.29, 0.717) is 16.9 Å². The van der Waals surface area contributed by atoms with Crippen LogP contribution in [0.5, 0.6) is 0 Å². The number of fused-ring (bicyclic) bond motifs is 1. The van der Waals surface area contributed by atoms with Gasteiger partial charge in [-0.05, 0) is 12.1 Å². The quantitative estimate of drug-likeness (QED) is 0.640. The Labute approximate surface area is 115 Å². The normalized spacial score (nSPS) is 9.75. The zero-order valence-electron chi connectivity index (χ0n) is 10.5. The van der Waals surface area contributed by atoms with E-state index in [1.165, 1.54) is 10.8 Å². The summed E-state index contributed by atoms with van der Waals surface area (Å²) in [5.41, 5.74) is 1.72. The Morgan fingerprint density at radius 3 is 3.05 bits per heavy atom. The summed E-state index contributed by atoms with van der Waals surface area (Å²) in [6.07, 6.45) is 6.28. The van der Waals surface area contributed by atoms with Crippen molar-refractivity contribution in [2.75, 3.05) is 13.2 Å². The monoisotopic (exact) mass is 269 g/mol. The number of hydrogen-bond acceptors (Lipinski definition) is 4. The van der Waals surface area contributed by atoms with E-state index in [0.717, 1.165) is 0 Å². The topological polar surface area (TPSA) is 76.7 Å². The van der Waals surface area contributed by atoms with Gasteiger partial charge < -0.3 is 9.84 Å². The largest absolute Gasteiger partial charge is 0.481 e. The van der Waals surface area contributed by atoms with Gasteiger partial charge in [-0.3, -0.25) is 4.79 Å². The molecule has 0 atom stereocenters. The number of carboxylic acid groups (broad SMARTS) is 1. The number of nitrogens with zero attached hydrogens (tertiary/aromatic N) is 3. The first-order chi connectivity index (χ1) is 9.72. The van der Waals surface area contributed by atoms with Gasteiger partial charge in [0.05, 0.1) is 17.7 Å². The molecule has 0 aliphatic rings. The van der Waals surface area contributed by atoms with Crippen LogP contribution >= 0.6 is 0 Å². The van der Waals surface area contributed by atoms with Crippen molar-refractivity contribution < 1.29 is 14.6 Å². The second kappa shape index (κ2) is 6.37. The van der Waals surface area contributed by atoms with Crippen LogP contribution in [0.25, 0.3) is 5.65 Å². The molecule has 2 heterocycles. The summed E-state index contributed by atoms with van der Waals surface area (Å²) in [6, 6.07) is 3.39. The van der Waals surface area contributed by atoms with Crippen molar-refractivity contribution in [3.8, 4) is 24.2 Å². The van der Waals surface area contributed by atoms with E-state index in [9.17, 15) is 4.79 Å². The Balaban J connectivity index is 2.26. The van der Waals surface area contributed by atoms with Crippen LogP contribution in [-0.2, 0) is 16.0 Å². The van der Waals surface area contributed by atoms with Crippen molar-refractivity contribution in [2.45, 2.75) is 6.42 Å². The number of hydrogen-bond donors (Lipinski definition) is 1. The van der Waals surface area contributed by atoms with Gasteiger partial charge in [0.2, 0.25) is 0 Å². The Kier molecular flexibility index (Phi) is 4.33. The number of terminal acetylenes is 1. The van der Waals surface area contributed by atoms with Gasteiger partial charge >= 0.3 is 5.97 Å². The summed E-state index contributed by atoms with van der Waals surface area (Å²) >= 11 is 0. The highest BCUT2D eigenvalue weighted by molar-refractivity contribution is 5.70. The van der Waals surface area contributed by atoms with Crippen molar-refractivity contribution in [2.24, 2.45) is 0 Å². The Bertz CT molecular complexity index is 731. The van der Waals surface area contributed by atoms with Crippen molar-refractivity contribution in [3.05, 3.63) is 29.7 Å². The summed E-state index contributed by atoms with van der Waals surface area (Å²) in [4.78, 5) is 14.9. The SMILES string of the molecule is C#CCOCC#Cc1ccc(CC(=O)O)n2ncnc12. The summed E-state index contributed by atoms with van der Waals surface area (Å²) < 4.78 is 6.52. The van der Waals surface area contributed by atoms with Gasteiger partial charge in [0.15, 0.2) is 5.65 Å². The highest BCUT2D eigenvalue weighted by atomic mass is 16.5. The molecule has 6 heteroatoms. The van der Waals surface area contributed by atoms with Crippen LogP contribution < -0.4 is 0 Å². The summed E-state index contributed by atoms with van der Waals surface area (Å²) in [6.45, 7) is 0.438. The van der Waals surface area contributed by atoms with Gasteiger partial charge in [0, 0.05) is 0 Å². The van der Waals surface area contributed by atoms with Crippen LogP contribution in [0.4, 0.5) is 0 Å². The van der Waals surface area contributed by atoms with E-state index in [1.54, 1.807) is 12.1 Å². The molecule has 0 aromatic carbocycles. The van der Waals surface area contributed by atoms with Gasteiger partial charge in [0.1, 0.15) is 19.5 Å². The molecule has 0 radical (unpaired) electrons. The zero-order valence-corrected chi connectivity index (χ0v) is 10.5. The number of carboxylic acids is 1.